The van der Waals surface area contributed by atoms with Crippen LogP contribution in [0.25, 0.3) is 0 Å². The zero-order valence-corrected chi connectivity index (χ0v) is 7.00. The molecular weight excluding hydrogens is 177 g/mol. The van der Waals surface area contributed by atoms with E-state index in [1.807, 2.05) is 0 Å². The van der Waals surface area contributed by atoms with E-state index >= 15 is 0 Å². The van der Waals surface area contributed by atoms with Crippen LogP contribution in [-0.4, -0.2) is 44.3 Å². The van der Waals surface area contributed by atoms with Crippen molar-refractivity contribution in [2.24, 2.45) is 0 Å². The smallest absolute Gasteiger partial charge is 0.324 e. The molecule has 9 heteroatoms. The first-order valence-electron chi connectivity index (χ1n) is 1.80. The molecule has 0 saturated heterocycles. The predicted octanol–water partition coefficient (Wildman–Crippen LogP) is -1.08. The summed E-state index contributed by atoms with van der Waals surface area (Å²) in [5, 5.41) is 0. The Labute approximate surface area is 69.1 Å². The molecule has 0 fully saturated rings. The first kappa shape index (κ1) is 13.5. The van der Waals surface area contributed by atoms with Crippen molar-refractivity contribution in [2.75, 3.05) is 5.90 Å². The second-order valence-corrected chi connectivity index (χ2v) is 5.26. The molecule has 1 radical (unpaired) electrons. The van der Waals surface area contributed by atoms with Crippen LogP contribution >= 0.6 is 15.2 Å². The summed E-state index contributed by atoms with van der Waals surface area (Å²) >= 11 is 0. The Bertz CT molecular complexity index is 156. The molecule has 0 rings (SSSR count). The van der Waals surface area contributed by atoms with E-state index in [4.69, 9.17) is 19.6 Å². The zero-order valence-electron chi connectivity index (χ0n) is 5.21. The van der Waals surface area contributed by atoms with Crippen LogP contribution in [0.15, 0.2) is 0 Å². The van der Waals surface area contributed by atoms with E-state index in [-0.39, 0.29) is 18.9 Å². The van der Waals surface area contributed by atoms with Crippen LogP contribution in [0.3, 0.4) is 0 Å². The van der Waals surface area contributed by atoms with Crippen LogP contribution in [0.5, 0.6) is 0 Å². The van der Waals surface area contributed by atoms with Gasteiger partial charge in [-0.1, -0.05) is 0 Å². The molecule has 0 aliphatic heterocycles. The summed E-state index contributed by atoms with van der Waals surface area (Å²) in [7, 11) is -9.10. The molecule has 0 heterocycles. The molecule has 0 saturated carbocycles. The average Bonchev–Trinajstić information content (AvgIpc) is 1.14. The molecule has 6 nitrogen and oxygen atoms in total. The fourth-order valence-corrected chi connectivity index (χ4v) is 2.16. The van der Waals surface area contributed by atoms with Crippen LogP contribution in [0.4, 0.5) is 0 Å². The molecule has 0 aromatic heterocycles. The Morgan fingerprint density at radius 1 is 0.900 bits per heavy atom. The van der Waals surface area contributed by atoms with Gasteiger partial charge in [0, 0.05) is 18.9 Å². The largest absolute Gasteiger partial charge is 0.337 e. The summed E-state index contributed by atoms with van der Waals surface area (Å²) in [6, 6.07) is 0. The molecule has 10 heavy (non-hydrogen) atoms. The first-order valence-corrected chi connectivity index (χ1v) is 5.39. The van der Waals surface area contributed by atoms with E-state index in [2.05, 4.69) is 0 Å². The van der Waals surface area contributed by atoms with Gasteiger partial charge in [0.15, 0.2) is 5.90 Å². The molecule has 57 valence electrons. The minimum Gasteiger partial charge on any atom is -0.324 e. The molecule has 4 N–H and O–H groups in total. The molecular formula is CH6LiO6P2. The van der Waals surface area contributed by atoms with Gasteiger partial charge in [-0.25, -0.2) is 0 Å². The third kappa shape index (κ3) is 11.7. The molecule has 0 aliphatic carbocycles. The average molecular weight is 183 g/mol. The fourth-order valence-electron chi connectivity index (χ4n) is 0.240. The fraction of sp³-hybridized carbons (Fsp3) is 1.00. The Morgan fingerprint density at radius 3 is 1.10 bits per heavy atom. The third-order valence-corrected chi connectivity index (χ3v) is 3.32. The van der Waals surface area contributed by atoms with Gasteiger partial charge in [-0.2, -0.15) is 0 Å². The molecule has 0 aromatic rings. The minimum absolute atomic E-state index is 0. The van der Waals surface area contributed by atoms with Gasteiger partial charge in [0.05, 0.1) is 0 Å². The second-order valence-electron chi connectivity index (χ2n) is 1.47. The maximum absolute atomic E-state index is 9.85. The molecule has 0 atom stereocenters. The number of hydrogen-bond donors (Lipinski definition) is 4. The molecule has 0 aliphatic rings. The SMILES string of the molecule is O=P(O)(O)CP(=O)(O)O.[Li]. The Hall–Kier alpha value is 0.897. The van der Waals surface area contributed by atoms with Crippen LogP contribution in [0.1, 0.15) is 0 Å². The van der Waals surface area contributed by atoms with Crippen molar-refractivity contribution in [3.63, 3.8) is 0 Å². The second kappa shape index (κ2) is 4.06. The van der Waals surface area contributed by atoms with Gasteiger partial charge in [-0.05, 0) is 0 Å². The summed E-state index contributed by atoms with van der Waals surface area (Å²) in [6.07, 6.45) is 0. The van der Waals surface area contributed by atoms with E-state index < -0.39 is 21.1 Å². The van der Waals surface area contributed by atoms with Gasteiger partial charge in [-0.15, -0.1) is 0 Å². The normalized spacial score (nSPS) is 12.4. The summed E-state index contributed by atoms with van der Waals surface area (Å²) in [6.45, 7) is 0. The van der Waals surface area contributed by atoms with Crippen molar-refractivity contribution in [1.29, 1.82) is 0 Å². The maximum Gasteiger partial charge on any atom is 0.337 e. The van der Waals surface area contributed by atoms with Crippen LogP contribution < -0.4 is 0 Å². The van der Waals surface area contributed by atoms with Crippen LogP contribution in [-0.2, 0) is 9.13 Å². The van der Waals surface area contributed by atoms with Crippen LogP contribution in [0, 0.1) is 0 Å². The van der Waals surface area contributed by atoms with Crippen molar-refractivity contribution in [3.05, 3.63) is 0 Å². The Morgan fingerprint density at radius 2 is 1.10 bits per heavy atom. The van der Waals surface area contributed by atoms with Crippen LogP contribution in [0.2, 0.25) is 0 Å². The quantitative estimate of drug-likeness (QED) is 0.319. The van der Waals surface area contributed by atoms with Gasteiger partial charge in [0.2, 0.25) is 0 Å². The van der Waals surface area contributed by atoms with E-state index in [1.165, 1.54) is 0 Å². The van der Waals surface area contributed by atoms with Gasteiger partial charge in [0.1, 0.15) is 0 Å². The van der Waals surface area contributed by atoms with Crippen molar-refractivity contribution >= 4 is 34.1 Å². The van der Waals surface area contributed by atoms with E-state index in [0.717, 1.165) is 0 Å². The molecule has 0 unspecified atom stereocenters. The minimum atomic E-state index is -4.55. The standard InChI is InChI=1S/CH6O6P2.Li/c2-8(3,4)1-9(5,6)7;/h1H2,(H2,2,3,4)(H2,5,6,7);. The van der Waals surface area contributed by atoms with Gasteiger partial charge >= 0.3 is 15.2 Å². The Kier molecular flexibility index (Phi) is 5.47. The van der Waals surface area contributed by atoms with Crippen molar-refractivity contribution in [3.8, 4) is 0 Å². The molecule has 0 aromatic carbocycles. The van der Waals surface area contributed by atoms with Gasteiger partial charge in [-0.3, -0.25) is 9.13 Å². The molecule has 0 spiro atoms. The zero-order chi connectivity index (χ0) is 7.71. The molecule has 0 bridgehead atoms. The van der Waals surface area contributed by atoms with E-state index in [1.54, 1.807) is 0 Å². The van der Waals surface area contributed by atoms with Gasteiger partial charge < -0.3 is 19.6 Å². The van der Waals surface area contributed by atoms with Crippen molar-refractivity contribution in [2.45, 2.75) is 0 Å². The summed E-state index contributed by atoms with van der Waals surface area (Å²) in [5.41, 5.74) is 0. The topological polar surface area (TPSA) is 115 Å². The summed E-state index contributed by atoms with van der Waals surface area (Å²) < 4.78 is 19.7. The van der Waals surface area contributed by atoms with Gasteiger partial charge in [0.25, 0.3) is 0 Å². The summed E-state index contributed by atoms with van der Waals surface area (Å²) in [5.74, 6) is -1.38. The number of hydrogen-bond acceptors (Lipinski definition) is 2. The Balaban J connectivity index is 0. The van der Waals surface area contributed by atoms with E-state index in [9.17, 15) is 9.13 Å². The number of rotatable bonds is 2. The van der Waals surface area contributed by atoms with E-state index in [0.29, 0.717) is 0 Å². The first-order chi connectivity index (χ1) is 3.71. The third-order valence-electron chi connectivity index (χ3n) is 0.368. The van der Waals surface area contributed by atoms with Crippen molar-refractivity contribution in [1.82, 2.24) is 0 Å². The van der Waals surface area contributed by atoms with Crippen molar-refractivity contribution < 1.29 is 28.7 Å². The monoisotopic (exact) mass is 183 g/mol. The summed E-state index contributed by atoms with van der Waals surface area (Å²) in [4.78, 5) is 31.9. The maximum atomic E-state index is 9.85. The molecule has 0 amide bonds. The predicted molar refractivity (Wildman–Crippen MR) is 34.7 cm³/mol.